The lowest BCUT2D eigenvalue weighted by Crippen LogP contribution is -2.09. The Bertz CT molecular complexity index is 2130. The van der Waals surface area contributed by atoms with Crippen LogP contribution in [0.4, 0.5) is 17.1 Å². The molecule has 0 fully saturated rings. The third kappa shape index (κ3) is 3.57. The molecule has 2 aromatic heterocycles. The maximum atomic E-state index is 6.40. The third-order valence-electron chi connectivity index (χ3n) is 7.26. The van der Waals surface area contributed by atoms with Crippen LogP contribution >= 0.6 is 0 Å². The molecule has 4 nitrogen and oxygen atoms in total. The normalized spacial score (nSPS) is 11.6. The first-order chi connectivity index (χ1) is 19.3. The Kier molecular flexibility index (Phi) is 4.79. The lowest BCUT2D eigenvalue weighted by Gasteiger charge is -2.25. The average Bonchev–Trinajstić information content (AvgIpc) is 3.59. The number of rotatable bonds is 4. The molecule has 39 heavy (non-hydrogen) atoms. The largest absolute Gasteiger partial charge is 0.456 e. The minimum Gasteiger partial charge on any atom is -0.456 e. The van der Waals surface area contributed by atoms with Gasteiger partial charge in [0.1, 0.15) is 16.7 Å². The van der Waals surface area contributed by atoms with Crippen molar-refractivity contribution in [2.24, 2.45) is 0 Å². The Morgan fingerprint density at radius 3 is 2.03 bits per heavy atom. The van der Waals surface area contributed by atoms with Crippen LogP contribution in [0.5, 0.6) is 0 Å². The molecule has 0 aliphatic heterocycles. The number of hydrogen-bond donors (Lipinski definition) is 0. The summed E-state index contributed by atoms with van der Waals surface area (Å²) in [4.78, 5) is 7.14. The predicted octanol–water partition coefficient (Wildman–Crippen LogP) is 10.0. The molecule has 0 bridgehead atoms. The van der Waals surface area contributed by atoms with Crippen LogP contribution < -0.4 is 4.90 Å². The molecule has 0 N–H and O–H groups in total. The van der Waals surface area contributed by atoms with Gasteiger partial charge < -0.3 is 13.7 Å². The summed E-state index contributed by atoms with van der Waals surface area (Å²) in [6.45, 7) is 0. The van der Waals surface area contributed by atoms with Gasteiger partial charge in [-0.3, -0.25) is 0 Å². The summed E-state index contributed by atoms with van der Waals surface area (Å²) in [6.07, 6.45) is 0. The van der Waals surface area contributed by atoms with Gasteiger partial charge in [-0.05, 0) is 71.4 Å². The zero-order valence-corrected chi connectivity index (χ0v) is 20.9. The van der Waals surface area contributed by atoms with E-state index in [1.165, 1.54) is 10.8 Å². The maximum absolute atomic E-state index is 6.40. The van der Waals surface area contributed by atoms with Crippen LogP contribution in [0.25, 0.3) is 55.3 Å². The van der Waals surface area contributed by atoms with Crippen LogP contribution in [-0.2, 0) is 0 Å². The first-order valence-electron chi connectivity index (χ1n) is 13.0. The van der Waals surface area contributed by atoms with E-state index in [-0.39, 0.29) is 0 Å². The maximum Gasteiger partial charge on any atom is 0.227 e. The first-order valence-corrected chi connectivity index (χ1v) is 13.0. The van der Waals surface area contributed by atoms with E-state index >= 15 is 0 Å². The smallest absolute Gasteiger partial charge is 0.227 e. The standard InChI is InChI=1S/C35H22N2O2/c1-3-10-24(11-4-1)35-36-34-31(39-35)20-19-30-33(34)29-18-17-28(22-32(29)38-30)37(26-13-5-2-6-14-26)27-16-15-23-9-7-8-12-25(23)21-27/h1-22H. The Balaban J connectivity index is 1.31. The van der Waals surface area contributed by atoms with Crippen molar-refractivity contribution in [3.05, 3.63) is 133 Å². The van der Waals surface area contributed by atoms with Crippen molar-refractivity contribution in [3.63, 3.8) is 0 Å². The van der Waals surface area contributed by atoms with Gasteiger partial charge in [0.2, 0.25) is 5.89 Å². The molecular weight excluding hydrogens is 480 g/mol. The molecule has 0 aliphatic rings. The summed E-state index contributed by atoms with van der Waals surface area (Å²) < 4.78 is 12.5. The van der Waals surface area contributed by atoms with E-state index < -0.39 is 0 Å². The number of oxazole rings is 1. The van der Waals surface area contributed by atoms with Crippen molar-refractivity contribution >= 4 is 60.9 Å². The van der Waals surface area contributed by atoms with E-state index in [2.05, 4.69) is 89.8 Å². The molecule has 6 aromatic carbocycles. The van der Waals surface area contributed by atoms with Crippen molar-refractivity contribution in [2.45, 2.75) is 0 Å². The number of nitrogens with zero attached hydrogens (tertiary/aromatic N) is 2. The summed E-state index contributed by atoms with van der Waals surface area (Å²) in [6, 6.07) is 45.7. The Hall–Kier alpha value is -5.35. The summed E-state index contributed by atoms with van der Waals surface area (Å²) in [5.74, 6) is 0.607. The first kappa shape index (κ1) is 21.7. The van der Waals surface area contributed by atoms with E-state index in [4.69, 9.17) is 13.8 Å². The molecule has 8 rings (SSSR count). The molecule has 8 aromatic rings. The lowest BCUT2D eigenvalue weighted by molar-refractivity contribution is 0.619. The highest BCUT2D eigenvalue weighted by atomic mass is 16.4. The molecule has 0 spiro atoms. The van der Waals surface area contributed by atoms with E-state index in [1.807, 2.05) is 48.5 Å². The zero-order chi connectivity index (χ0) is 25.8. The average molecular weight is 503 g/mol. The van der Waals surface area contributed by atoms with Crippen LogP contribution in [0.1, 0.15) is 0 Å². The van der Waals surface area contributed by atoms with Crippen LogP contribution in [-0.4, -0.2) is 4.98 Å². The molecule has 0 saturated heterocycles. The van der Waals surface area contributed by atoms with E-state index in [9.17, 15) is 0 Å². The molecule has 0 aliphatic carbocycles. The van der Waals surface area contributed by atoms with E-state index in [0.29, 0.717) is 5.89 Å². The number of furan rings is 1. The topological polar surface area (TPSA) is 42.4 Å². The van der Waals surface area contributed by atoms with E-state index in [1.54, 1.807) is 0 Å². The van der Waals surface area contributed by atoms with Gasteiger partial charge in [0.05, 0.1) is 5.39 Å². The summed E-state index contributed by atoms with van der Waals surface area (Å²) in [5, 5.41) is 4.40. The SMILES string of the molecule is c1ccc(-c2nc3c(ccc4oc5cc(N(c6ccccc6)c6ccc7ccccc7c6)ccc5c43)o2)cc1. The molecule has 2 heterocycles. The molecule has 0 radical (unpaired) electrons. The highest BCUT2D eigenvalue weighted by Crippen LogP contribution is 2.41. The van der Waals surface area contributed by atoms with Crippen LogP contribution in [0.15, 0.2) is 142 Å². The number of hydrogen-bond acceptors (Lipinski definition) is 4. The monoisotopic (exact) mass is 502 g/mol. The summed E-state index contributed by atoms with van der Waals surface area (Å²) in [7, 11) is 0. The van der Waals surface area contributed by atoms with Gasteiger partial charge in [-0.25, -0.2) is 4.98 Å². The zero-order valence-electron chi connectivity index (χ0n) is 20.9. The van der Waals surface area contributed by atoms with E-state index in [0.717, 1.165) is 55.7 Å². The Morgan fingerprint density at radius 2 is 1.18 bits per heavy atom. The predicted molar refractivity (Wildman–Crippen MR) is 159 cm³/mol. The number of benzene rings is 6. The van der Waals surface area contributed by atoms with Gasteiger partial charge in [-0.1, -0.05) is 66.7 Å². The number of aromatic nitrogens is 1. The lowest BCUT2D eigenvalue weighted by atomic mass is 10.1. The van der Waals surface area contributed by atoms with Crippen molar-refractivity contribution < 1.29 is 8.83 Å². The summed E-state index contributed by atoms with van der Waals surface area (Å²) >= 11 is 0. The molecule has 0 atom stereocenters. The van der Waals surface area contributed by atoms with Gasteiger partial charge in [0.25, 0.3) is 0 Å². The Morgan fingerprint density at radius 1 is 0.487 bits per heavy atom. The minimum absolute atomic E-state index is 0.607. The fourth-order valence-corrected chi connectivity index (χ4v) is 5.42. The van der Waals surface area contributed by atoms with Crippen molar-refractivity contribution in [2.75, 3.05) is 4.90 Å². The van der Waals surface area contributed by atoms with Gasteiger partial charge in [-0.15, -0.1) is 0 Å². The second kappa shape index (κ2) is 8.61. The fourth-order valence-electron chi connectivity index (χ4n) is 5.42. The highest BCUT2D eigenvalue weighted by molar-refractivity contribution is 6.17. The van der Waals surface area contributed by atoms with Crippen LogP contribution in [0, 0.1) is 0 Å². The third-order valence-corrected chi connectivity index (χ3v) is 7.26. The highest BCUT2D eigenvalue weighted by Gasteiger charge is 2.19. The molecule has 4 heteroatoms. The fraction of sp³-hybridized carbons (Fsp3) is 0. The van der Waals surface area contributed by atoms with Crippen molar-refractivity contribution in [3.8, 4) is 11.5 Å². The molecular formula is C35H22N2O2. The second-order valence-electron chi connectivity index (χ2n) is 9.66. The van der Waals surface area contributed by atoms with Crippen LogP contribution in [0.3, 0.4) is 0 Å². The Labute approximate surface area is 224 Å². The minimum atomic E-state index is 0.607. The number of anilines is 3. The molecule has 0 unspecified atom stereocenters. The van der Waals surface area contributed by atoms with Gasteiger partial charge in [0, 0.05) is 34.1 Å². The van der Waals surface area contributed by atoms with Gasteiger partial charge >= 0.3 is 0 Å². The number of para-hydroxylation sites is 1. The van der Waals surface area contributed by atoms with Gasteiger partial charge in [-0.2, -0.15) is 0 Å². The quantitative estimate of drug-likeness (QED) is 0.240. The second-order valence-corrected chi connectivity index (χ2v) is 9.66. The van der Waals surface area contributed by atoms with Crippen molar-refractivity contribution in [1.29, 1.82) is 0 Å². The molecule has 0 saturated carbocycles. The molecule has 0 amide bonds. The number of fused-ring (bicyclic) bond motifs is 6. The van der Waals surface area contributed by atoms with Crippen molar-refractivity contribution in [1.82, 2.24) is 4.98 Å². The van der Waals surface area contributed by atoms with Crippen LogP contribution in [0.2, 0.25) is 0 Å². The summed E-state index contributed by atoms with van der Waals surface area (Å²) in [5.41, 5.74) is 7.29. The molecule has 184 valence electrons. The van der Waals surface area contributed by atoms with Gasteiger partial charge in [0.15, 0.2) is 5.58 Å².